The molecule has 2 fully saturated rings. The Balaban J connectivity index is 1.63. The van der Waals surface area contributed by atoms with Crippen LogP contribution in [0.2, 0.25) is 10.0 Å². The van der Waals surface area contributed by atoms with E-state index in [1.807, 2.05) is 0 Å². The molecule has 0 radical (unpaired) electrons. The molecule has 3 nitrogen and oxygen atoms in total. The third kappa shape index (κ3) is 3.53. The lowest BCUT2D eigenvalue weighted by atomic mass is 9.77. The standard InChI is InChI=1S/C16H20Cl2N2O/c17-11-6-8-14(12(18)9-11)20-16(21)15-7-5-10-3-1-2-4-13(10)19-15/h6,8-10,13,15,19H,1-5,7H2,(H,20,21). The lowest BCUT2D eigenvalue weighted by Gasteiger charge is -2.39. The van der Waals surface area contributed by atoms with E-state index in [9.17, 15) is 4.79 Å². The van der Waals surface area contributed by atoms with Crippen molar-refractivity contribution in [3.63, 3.8) is 0 Å². The number of carbonyl (C=O) groups excluding carboxylic acids is 1. The Bertz CT molecular complexity index is 535. The normalized spacial score (nSPS) is 28.8. The summed E-state index contributed by atoms with van der Waals surface area (Å²) in [6.07, 6.45) is 7.14. The molecule has 5 heteroatoms. The highest BCUT2D eigenvalue weighted by atomic mass is 35.5. The first-order valence-corrected chi connectivity index (χ1v) is 8.41. The average Bonchev–Trinajstić information content (AvgIpc) is 2.49. The highest BCUT2D eigenvalue weighted by molar-refractivity contribution is 6.36. The predicted octanol–water partition coefficient (Wildman–Crippen LogP) is 4.24. The van der Waals surface area contributed by atoms with Crippen molar-refractivity contribution in [1.29, 1.82) is 0 Å². The summed E-state index contributed by atoms with van der Waals surface area (Å²) in [5, 5.41) is 7.48. The maximum atomic E-state index is 12.4. The maximum absolute atomic E-state index is 12.4. The lowest BCUT2D eigenvalue weighted by Crippen LogP contribution is -2.53. The zero-order valence-corrected chi connectivity index (χ0v) is 13.4. The van der Waals surface area contributed by atoms with Gasteiger partial charge in [-0.2, -0.15) is 0 Å². The van der Waals surface area contributed by atoms with Crippen molar-refractivity contribution >= 4 is 34.8 Å². The van der Waals surface area contributed by atoms with Crippen LogP contribution in [0, 0.1) is 5.92 Å². The van der Waals surface area contributed by atoms with E-state index in [-0.39, 0.29) is 11.9 Å². The zero-order valence-electron chi connectivity index (χ0n) is 11.9. The molecule has 3 rings (SSSR count). The van der Waals surface area contributed by atoms with Crippen molar-refractivity contribution in [3.8, 4) is 0 Å². The van der Waals surface area contributed by atoms with Gasteiger partial charge in [-0.15, -0.1) is 0 Å². The predicted molar refractivity (Wildman–Crippen MR) is 87.0 cm³/mol. The second kappa shape index (κ2) is 6.55. The number of piperidine rings is 1. The number of hydrogen-bond donors (Lipinski definition) is 2. The van der Waals surface area contributed by atoms with Crippen LogP contribution in [0.1, 0.15) is 38.5 Å². The SMILES string of the molecule is O=C(Nc1ccc(Cl)cc1Cl)C1CCC2CCCCC2N1. The summed E-state index contributed by atoms with van der Waals surface area (Å²) >= 11 is 12.0. The molecule has 3 atom stereocenters. The molecular formula is C16H20Cl2N2O. The Morgan fingerprint density at radius 1 is 1.14 bits per heavy atom. The molecule has 1 heterocycles. The number of nitrogens with one attached hydrogen (secondary N) is 2. The van der Waals surface area contributed by atoms with E-state index in [0.717, 1.165) is 18.8 Å². The zero-order chi connectivity index (χ0) is 14.8. The Morgan fingerprint density at radius 3 is 2.76 bits per heavy atom. The molecule has 1 aromatic carbocycles. The van der Waals surface area contributed by atoms with Gasteiger partial charge in [-0.25, -0.2) is 0 Å². The first kappa shape index (κ1) is 15.1. The fraction of sp³-hybridized carbons (Fsp3) is 0.562. The van der Waals surface area contributed by atoms with Crippen molar-refractivity contribution in [3.05, 3.63) is 28.2 Å². The van der Waals surface area contributed by atoms with E-state index in [1.54, 1.807) is 18.2 Å². The highest BCUT2D eigenvalue weighted by Crippen LogP contribution is 2.33. The van der Waals surface area contributed by atoms with Crippen LogP contribution < -0.4 is 10.6 Å². The van der Waals surface area contributed by atoms with Gasteiger partial charge in [0.1, 0.15) is 0 Å². The summed E-state index contributed by atoms with van der Waals surface area (Å²) < 4.78 is 0. The number of halogens is 2. The van der Waals surface area contributed by atoms with E-state index in [4.69, 9.17) is 23.2 Å². The largest absolute Gasteiger partial charge is 0.323 e. The number of anilines is 1. The van der Waals surface area contributed by atoms with Gasteiger partial charge in [0, 0.05) is 11.1 Å². The van der Waals surface area contributed by atoms with E-state index >= 15 is 0 Å². The minimum absolute atomic E-state index is 0.00301. The summed E-state index contributed by atoms with van der Waals surface area (Å²) in [6, 6.07) is 5.51. The number of carbonyl (C=O) groups is 1. The van der Waals surface area contributed by atoms with Gasteiger partial charge in [0.15, 0.2) is 0 Å². The Hall–Kier alpha value is -0.770. The van der Waals surface area contributed by atoms with E-state index in [1.165, 1.54) is 25.7 Å². The summed E-state index contributed by atoms with van der Waals surface area (Å²) in [4.78, 5) is 12.4. The van der Waals surface area contributed by atoms with Crippen LogP contribution in [0.3, 0.4) is 0 Å². The van der Waals surface area contributed by atoms with Crippen LogP contribution in [0.5, 0.6) is 0 Å². The van der Waals surface area contributed by atoms with Crippen molar-refractivity contribution in [2.45, 2.75) is 50.6 Å². The van der Waals surface area contributed by atoms with Gasteiger partial charge in [0.2, 0.25) is 5.91 Å². The van der Waals surface area contributed by atoms with Gasteiger partial charge in [0.05, 0.1) is 16.8 Å². The van der Waals surface area contributed by atoms with Gasteiger partial charge in [-0.05, 0) is 49.8 Å². The van der Waals surface area contributed by atoms with Gasteiger partial charge in [-0.3, -0.25) is 4.79 Å². The highest BCUT2D eigenvalue weighted by Gasteiger charge is 2.34. The number of amides is 1. The van der Waals surface area contributed by atoms with E-state index in [2.05, 4.69) is 10.6 Å². The van der Waals surface area contributed by atoms with Gasteiger partial charge >= 0.3 is 0 Å². The average molecular weight is 327 g/mol. The molecule has 1 saturated heterocycles. The van der Waals surface area contributed by atoms with Crippen LogP contribution in [0.25, 0.3) is 0 Å². The van der Waals surface area contributed by atoms with Crippen LogP contribution in [0.4, 0.5) is 5.69 Å². The van der Waals surface area contributed by atoms with Crippen molar-refractivity contribution in [2.75, 3.05) is 5.32 Å². The van der Waals surface area contributed by atoms with Crippen LogP contribution >= 0.6 is 23.2 Å². The third-order valence-electron chi connectivity index (χ3n) is 4.66. The molecule has 2 aliphatic rings. The monoisotopic (exact) mass is 326 g/mol. The Morgan fingerprint density at radius 2 is 1.95 bits per heavy atom. The number of fused-ring (bicyclic) bond motifs is 1. The van der Waals surface area contributed by atoms with E-state index < -0.39 is 0 Å². The van der Waals surface area contributed by atoms with Gasteiger partial charge < -0.3 is 10.6 Å². The molecule has 0 spiro atoms. The third-order valence-corrected chi connectivity index (χ3v) is 5.20. The first-order valence-electron chi connectivity index (χ1n) is 7.65. The first-order chi connectivity index (χ1) is 10.1. The molecule has 2 N–H and O–H groups in total. The molecule has 0 bridgehead atoms. The molecule has 1 aliphatic carbocycles. The quantitative estimate of drug-likeness (QED) is 0.853. The molecular weight excluding hydrogens is 307 g/mol. The Kier molecular flexibility index (Phi) is 4.72. The van der Waals surface area contributed by atoms with Crippen LogP contribution in [-0.2, 0) is 4.79 Å². The molecule has 0 aromatic heterocycles. The van der Waals surface area contributed by atoms with Crippen LogP contribution in [0.15, 0.2) is 18.2 Å². The molecule has 114 valence electrons. The molecule has 1 aliphatic heterocycles. The lowest BCUT2D eigenvalue weighted by molar-refractivity contribution is -0.119. The summed E-state index contributed by atoms with van der Waals surface area (Å²) in [7, 11) is 0. The number of benzene rings is 1. The molecule has 1 amide bonds. The Labute approximate surface area is 135 Å². The maximum Gasteiger partial charge on any atom is 0.241 e. The van der Waals surface area contributed by atoms with Crippen molar-refractivity contribution in [1.82, 2.24) is 5.32 Å². The van der Waals surface area contributed by atoms with Crippen molar-refractivity contribution < 1.29 is 4.79 Å². The fourth-order valence-corrected chi connectivity index (χ4v) is 3.97. The van der Waals surface area contributed by atoms with Crippen molar-refractivity contribution in [2.24, 2.45) is 5.92 Å². The van der Waals surface area contributed by atoms with Crippen LogP contribution in [-0.4, -0.2) is 18.0 Å². The smallest absolute Gasteiger partial charge is 0.241 e. The molecule has 1 aromatic rings. The molecule has 3 unspecified atom stereocenters. The summed E-state index contributed by atoms with van der Waals surface area (Å²) in [5.74, 6) is 0.755. The molecule has 1 saturated carbocycles. The number of rotatable bonds is 2. The minimum Gasteiger partial charge on any atom is -0.323 e. The number of hydrogen-bond acceptors (Lipinski definition) is 2. The minimum atomic E-state index is -0.115. The van der Waals surface area contributed by atoms with Gasteiger partial charge in [0.25, 0.3) is 0 Å². The second-order valence-electron chi connectivity index (χ2n) is 6.06. The summed E-state index contributed by atoms with van der Waals surface area (Å²) in [6.45, 7) is 0. The van der Waals surface area contributed by atoms with Gasteiger partial charge in [-0.1, -0.05) is 36.0 Å². The second-order valence-corrected chi connectivity index (χ2v) is 6.90. The summed E-state index contributed by atoms with van der Waals surface area (Å²) in [5.41, 5.74) is 0.624. The molecule has 21 heavy (non-hydrogen) atoms. The topological polar surface area (TPSA) is 41.1 Å². The van der Waals surface area contributed by atoms with E-state index in [0.29, 0.717) is 21.8 Å². The fourth-order valence-electron chi connectivity index (χ4n) is 3.51.